The molecule has 2 amide bonds. The van der Waals surface area contributed by atoms with Crippen LogP contribution in [0.15, 0.2) is 42.7 Å². The van der Waals surface area contributed by atoms with Crippen LogP contribution in [-0.2, 0) is 9.59 Å². The smallest absolute Gasteiger partial charge is 0.248 e. The van der Waals surface area contributed by atoms with Gasteiger partial charge >= 0.3 is 0 Å². The first kappa shape index (κ1) is 19.9. The van der Waals surface area contributed by atoms with Crippen LogP contribution in [0.5, 0.6) is 0 Å². The standard InChI is InChI=1S/C18H23N5O2.ClH/c1-13(23-11-3-8-20-23)17(24)21-15-4-2-5-16(12-15)22-18(25)14-6-9-19-10-7-14;/h2-5,8,11-14,19H,6-7,9-10H2,1H3,(H,21,24)(H,22,25);1H. The first-order valence-corrected chi connectivity index (χ1v) is 8.55. The molecule has 7 nitrogen and oxygen atoms in total. The molecule has 26 heavy (non-hydrogen) atoms. The summed E-state index contributed by atoms with van der Waals surface area (Å²) in [5.74, 6) is -0.0836. The molecule has 3 rings (SSSR count). The van der Waals surface area contributed by atoms with Gasteiger partial charge in [-0.1, -0.05) is 6.07 Å². The summed E-state index contributed by atoms with van der Waals surface area (Å²) >= 11 is 0. The van der Waals surface area contributed by atoms with Crippen LogP contribution < -0.4 is 16.0 Å². The van der Waals surface area contributed by atoms with E-state index in [0.717, 1.165) is 25.9 Å². The van der Waals surface area contributed by atoms with Gasteiger partial charge in [0.05, 0.1) is 0 Å². The summed E-state index contributed by atoms with van der Waals surface area (Å²) in [7, 11) is 0. The number of hydrogen-bond donors (Lipinski definition) is 3. The molecule has 1 aromatic heterocycles. The van der Waals surface area contributed by atoms with Gasteiger partial charge in [-0.3, -0.25) is 14.3 Å². The van der Waals surface area contributed by atoms with E-state index in [1.807, 2.05) is 12.1 Å². The van der Waals surface area contributed by atoms with Gasteiger partial charge in [0.25, 0.3) is 0 Å². The van der Waals surface area contributed by atoms with Gasteiger partial charge in [-0.25, -0.2) is 0 Å². The van der Waals surface area contributed by atoms with Crippen LogP contribution in [0.1, 0.15) is 25.8 Å². The quantitative estimate of drug-likeness (QED) is 0.746. The van der Waals surface area contributed by atoms with Crippen molar-refractivity contribution < 1.29 is 9.59 Å². The number of carbonyl (C=O) groups is 2. The molecule has 2 aromatic rings. The van der Waals surface area contributed by atoms with Crippen molar-refractivity contribution in [2.75, 3.05) is 23.7 Å². The second-order valence-electron chi connectivity index (χ2n) is 6.25. The van der Waals surface area contributed by atoms with Crippen molar-refractivity contribution in [3.8, 4) is 0 Å². The first-order chi connectivity index (χ1) is 12.1. The van der Waals surface area contributed by atoms with Crippen LogP contribution in [0.25, 0.3) is 0 Å². The molecule has 0 saturated carbocycles. The molecule has 1 fully saturated rings. The zero-order valence-electron chi connectivity index (χ0n) is 14.6. The third-order valence-corrected chi connectivity index (χ3v) is 4.41. The Morgan fingerprint density at radius 3 is 2.54 bits per heavy atom. The van der Waals surface area contributed by atoms with Crippen LogP contribution in [0.2, 0.25) is 0 Å². The number of anilines is 2. The maximum Gasteiger partial charge on any atom is 0.248 e. The highest BCUT2D eigenvalue weighted by atomic mass is 35.5. The van der Waals surface area contributed by atoms with Gasteiger partial charge in [-0.05, 0) is 57.1 Å². The maximum absolute atomic E-state index is 12.3. The van der Waals surface area contributed by atoms with Gasteiger partial charge in [-0.15, -0.1) is 12.4 Å². The average molecular weight is 378 g/mol. The van der Waals surface area contributed by atoms with E-state index in [2.05, 4.69) is 21.0 Å². The molecule has 0 aliphatic carbocycles. The van der Waals surface area contributed by atoms with Crippen LogP contribution in [0.4, 0.5) is 11.4 Å². The minimum atomic E-state index is -0.414. The van der Waals surface area contributed by atoms with Gasteiger partial charge in [0.15, 0.2) is 0 Å². The van der Waals surface area contributed by atoms with E-state index in [1.54, 1.807) is 42.2 Å². The first-order valence-electron chi connectivity index (χ1n) is 8.55. The molecule has 140 valence electrons. The van der Waals surface area contributed by atoms with Crippen molar-refractivity contribution in [1.82, 2.24) is 15.1 Å². The highest BCUT2D eigenvalue weighted by Crippen LogP contribution is 2.19. The van der Waals surface area contributed by atoms with E-state index in [-0.39, 0.29) is 30.1 Å². The molecule has 3 N–H and O–H groups in total. The summed E-state index contributed by atoms with van der Waals surface area (Å²) in [6.07, 6.45) is 5.09. The fourth-order valence-corrected chi connectivity index (χ4v) is 2.88. The van der Waals surface area contributed by atoms with Crippen molar-refractivity contribution in [2.24, 2.45) is 5.92 Å². The van der Waals surface area contributed by atoms with E-state index in [0.29, 0.717) is 11.4 Å². The Balaban J connectivity index is 0.00000243. The fraction of sp³-hybridized carbons (Fsp3) is 0.389. The van der Waals surface area contributed by atoms with Crippen molar-refractivity contribution in [3.05, 3.63) is 42.7 Å². The predicted molar refractivity (Wildman–Crippen MR) is 103 cm³/mol. The number of halogens is 1. The zero-order valence-corrected chi connectivity index (χ0v) is 15.5. The summed E-state index contributed by atoms with van der Waals surface area (Å²) in [4.78, 5) is 24.7. The molecular weight excluding hydrogens is 354 g/mol. The second-order valence-corrected chi connectivity index (χ2v) is 6.25. The minimum absolute atomic E-state index is 0. The van der Waals surface area contributed by atoms with E-state index >= 15 is 0 Å². The van der Waals surface area contributed by atoms with Gasteiger partial charge in [0.2, 0.25) is 11.8 Å². The molecule has 2 heterocycles. The van der Waals surface area contributed by atoms with Gasteiger partial charge in [0.1, 0.15) is 6.04 Å². The van der Waals surface area contributed by atoms with Crippen LogP contribution in [-0.4, -0.2) is 34.7 Å². The molecule has 8 heteroatoms. The number of aromatic nitrogens is 2. The van der Waals surface area contributed by atoms with Crippen LogP contribution >= 0.6 is 12.4 Å². The predicted octanol–water partition coefficient (Wildman–Crippen LogP) is 2.44. The molecule has 1 aromatic carbocycles. The van der Waals surface area contributed by atoms with Crippen LogP contribution in [0, 0.1) is 5.92 Å². The van der Waals surface area contributed by atoms with Crippen LogP contribution in [0.3, 0.4) is 0 Å². The number of carbonyl (C=O) groups excluding carboxylic acids is 2. The van der Waals surface area contributed by atoms with Gasteiger partial charge in [0, 0.05) is 29.7 Å². The summed E-state index contributed by atoms with van der Waals surface area (Å²) in [5, 5.41) is 13.1. The zero-order chi connectivity index (χ0) is 17.6. The lowest BCUT2D eigenvalue weighted by Crippen LogP contribution is -2.34. The fourth-order valence-electron chi connectivity index (χ4n) is 2.88. The van der Waals surface area contributed by atoms with Crippen molar-refractivity contribution in [3.63, 3.8) is 0 Å². The van der Waals surface area contributed by atoms with Gasteiger partial charge in [-0.2, -0.15) is 5.10 Å². The molecular formula is C18H24ClN5O2. The lowest BCUT2D eigenvalue weighted by atomic mass is 9.97. The van der Waals surface area contributed by atoms with Crippen molar-refractivity contribution in [1.29, 1.82) is 0 Å². The second kappa shape index (κ2) is 9.35. The highest BCUT2D eigenvalue weighted by molar-refractivity contribution is 5.96. The Morgan fingerprint density at radius 2 is 1.88 bits per heavy atom. The van der Waals surface area contributed by atoms with Gasteiger partial charge < -0.3 is 16.0 Å². The van der Waals surface area contributed by atoms with Crippen molar-refractivity contribution >= 4 is 35.6 Å². The number of nitrogens with zero attached hydrogens (tertiary/aromatic N) is 2. The van der Waals surface area contributed by atoms with E-state index < -0.39 is 6.04 Å². The Morgan fingerprint density at radius 1 is 1.19 bits per heavy atom. The monoisotopic (exact) mass is 377 g/mol. The summed E-state index contributed by atoms with van der Waals surface area (Å²) in [6.45, 7) is 3.53. The third kappa shape index (κ3) is 5.06. The Labute approximate surface area is 159 Å². The number of piperidine rings is 1. The molecule has 0 radical (unpaired) electrons. The molecule has 1 saturated heterocycles. The molecule has 1 atom stereocenters. The Kier molecular flexibility index (Phi) is 7.17. The van der Waals surface area contributed by atoms with E-state index in [9.17, 15) is 9.59 Å². The molecule has 1 aliphatic rings. The number of amides is 2. The number of rotatable bonds is 5. The summed E-state index contributed by atoms with van der Waals surface area (Å²) < 4.78 is 1.60. The molecule has 0 spiro atoms. The Bertz CT molecular complexity index is 729. The molecule has 1 aliphatic heterocycles. The number of hydrogen-bond acceptors (Lipinski definition) is 4. The normalized spacial score (nSPS) is 15.6. The minimum Gasteiger partial charge on any atom is -0.326 e. The van der Waals surface area contributed by atoms with Crippen molar-refractivity contribution in [2.45, 2.75) is 25.8 Å². The lowest BCUT2D eigenvalue weighted by Gasteiger charge is -2.22. The van der Waals surface area contributed by atoms with E-state index in [4.69, 9.17) is 0 Å². The molecule has 1 unspecified atom stereocenters. The van der Waals surface area contributed by atoms with E-state index in [1.165, 1.54) is 0 Å². The third-order valence-electron chi connectivity index (χ3n) is 4.41. The summed E-state index contributed by atoms with van der Waals surface area (Å²) in [5.41, 5.74) is 1.33. The molecule has 0 bridgehead atoms. The largest absolute Gasteiger partial charge is 0.326 e. The number of benzene rings is 1. The summed E-state index contributed by atoms with van der Waals surface area (Å²) in [6, 6.07) is 8.57. The Hall–Kier alpha value is -2.38. The maximum atomic E-state index is 12.3. The SMILES string of the molecule is CC(C(=O)Nc1cccc(NC(=O)C2CCNCC2)c1)n1cccn1.Cl. The number of nitrogens with one attached hydrogen (secondary N) is 3. The highest BCUT2D eigenvalue weighted by Gasteiger charge is 2.21. The lowest BCUT2D eigenvalue weighted by molar-refractivity contribution is -0.120. The average Bonchev–Trinajstić information content (AvgIpc) is 3.16. The topological polar surface area (TPSA) is 88.0 Å².